The van der Waals surface area contributed by atoms with Gasteiger partial charge >= 0.3 is 0 Å². The van der Waals surface area contributed by atoms with Crippen LogP contribution in [0.2, 0.25) is 5.02 Å². The minimum absolute atomic E-state index is 0.133. The molecule has 0 saturated carbocycles. The SMILES string of the molecule is COc1ccc(C=O)cc1CS(=O)(=O)c1cccc(Cl)c1. The summed E-state index contributed by atoms with van der Waals surface area (Å²) in [6, 6.07) is 10.7. The summed E-state index contributed by atoms with van der Waals surface area (Å²) in [5.41, 5.74) is 0.828. The molecule has 0 aliphatic heterocycles. The van der Waals surface area contributed by atoms with Gasteiger partial charge in [-0.05, 0) is 36.4 Å². The van der Waals surface area contributed by atoms with E-state index in [2.05, 4.69) is 0 Å². The van der Waals surface area contributed by atoms with E-state index < -0.39 is 9.84 Å². The summed E-state index contributed by atoms with van der Waals surface area (Å²) in [5, 5.41) is 0.352. The smallest absolute Gasteiger partial charge is 0.182 e. The highest BCUT2D eigenvalue weighted by Crippen LogP contribution is 2.26. The number of aldehydes is 1. The molecule has 0 spiro atoms. The number of methoxy groups -OCH3 is 1. The predicted molar refractivity (Wildman–Crippen MR) is 80.7 cm³/mol. The molecule has 0 aliphatic carbocycles. The standard InChI is InChI=1S/C15H13ClO4S/c1-20-15-6-5-11(9-17)7-12(15)10-21(18,19)14-4-2-3-13(16)8-14/h2-9H,10H2,1H3. The zero-order chi connectivity index (χ0) is 15.5. The Morgan fingerprint density at radius 2 is 1.95 bits per heavy atom. The Labute approximate surface area is 128 Å². The summed E-state index contributed by atoms with van der Waals surface area (Å²) in [6.45, 7) is 0. The van der Waals surface area contributed by atoms with Crippen molar-refractivity contribution in [2.75, 3.05) is 7.11 Å². The molecule has 110 valence electrons. The van der Waals surface area contributed by atoms with Crippen molar-refractivity contribution in [1.29, 1.82) is 0 Å². The van der Waals surface area contributed by atoms with E-state index in [0.717, 1.165) is 0 Å². The first-order chi connectivity index (χ1) is 9.96. The summed E-state index contributed by atoms with van der Waals surface area (Å²) in [4.78, 5) is 11.0. The Balaban J connectivity index is 2.43. The average Bonchev–Trinajstić information content (AvgIpc) is 2.46. The number of hydrogen-bond donors (Lipinski definition) is 0. The maximum atomic E-state index is 12.4. The predicted octanol–water partition coefficient (Wildman–Crippen LogP) is 3.14. The maximum absolute atomic E-state index is 12.4. The van der Waals surface area contributed by atoms with Gasteiger partial charge in [-0.25, -0.2) is 8.42 Å². The molecule has 0 aliphatic rings. The van der Waals surface area contributed by atoms with E-state index in [1.807, 2.05) is 0 Å². The van der Waals surface area contributed by atoms with Gasteiger partial charge in [-0.2, -0.15) is 0 Å². The van der Waals surface area contributed by atoms with Gasteiger partial charge in [0.2, 0.25) is 0 Å². The number of carbonyl (C=O) groups excluding carboxylic acids is 1. The summed E-state index contributed by atoms with van der Waals surface area (Å²) in [6.07, 6.45) is 0.662. The molecule has 0 atom stereocenters. The van der Waals surface area contributed by atoms with Crippen molar-refractivity contribution >= 4 is 27.7 Å². The Hall–Kier alpha value is -1.85. The monoisotopic (exact) mass is 324 g/mol. The van der Waals surface area contributed by atoms with Crippen molar-refractivity contribution < 1.29 is 17.9 Å². The van der Waals surface area contributed by atoms with E-state index in [0.29, 0.717) is 28.2 Å². The van der Waals surface area contributed by atoms with Crippen molar-refractivity contribution in [3.05, 3.63) is 58.6 Å². The van der Waals surface area contributed by atoms with Crippen molar-refractivity contribution in [1.82, 2.24) is 0 Å². The lowest BCUT2D eigenvalue weighted by atomic mass is 10.1. The second-order valence-corrected chi connectivity index (χ2v) is 6.83. The molecule has 0 bridgehead atoms. The molecule has 2 aromatic rings. The third-order valence-electron chi connectivity index (χ3n) is 2.94. The summed E-state index contributed by atoms with van der Waals surface area (Å²) in [7, 11) is -2.12. The van der Waals surface area contributed by atoms with Gasteiger partial charge in [-0.15, -0.1) is 0 Å². The van der Waals surface area contributed by atoms with Gasteiger partial charge in [-0.1, -0.05) is 17.7 Å². The van der Waals surface area contributed by atoms with Crippen LogP contribution in [-0.2, 0) is 15.6 Å². The molecule has 6 heteroatoms. The third-order valence-corrected chi connectivity index (χ3v) is 4.84. The highest BCUT2D eigenvalue weighted by atomic mass is 35.5. The molecule has 0 saturated heterocycles. The molecular weight excluding hydrogens is 312 g/mol. The van der Waals surface area contributed by atoms with Crippen LogP contribution in [0.3, 0.4) is 0 Å². The van der Waals surface area contributed by atoms with E-state index >= 15 is 0 Å². The molecule has 0 unspecified atom stereocenters. The molecule has 0 radical (unpaired) electrons. The molecule has 2 rings (SSSR count). The van der Waals surface area contributed by atoms with Crippen LogP contribution in [0, 0.1) is 0 Å². The van der Waals surface area contributed by atoms with Crippen LogP contribution >= 0.6 is 11.6 Å². The van der Waals surface area contributed by atoms with E-state index in [9.17, 15) is 13.2 Å². The zero-order valence-corrected chi connectivity index (χ0v) is 12.8. The molecule has 0 fully saturated rings. The summed E-state index contributed by atoms with van der Waals surface area (Å²) in [5.74, 6) is 0.157. The first-order valence-electron chi connectivity index (χ1n) is 6.06. The minimum atomic E-state index is -3.57. The van der Waals surface area contributed by atoms with Gasteiger partial charge in [-0.3, -0.25) is 4.79 Å². The zero-order valence-electron chi connectivity index (χ0n) is 11.2. The van der Waals surface area contributed by atoms with Crippen LogP contribution in [0.1, 0.15) is 15.9 Å². The first-order valence-corrected chi connectivity index (χ1v) is 8.10. The van der Waals surface area contributed by atoms with Crippen LogP contribution in [0.25, 0.3) is 0 Å². The minimum Gasteiger partial charge on any atom is -0.496 e. The first kappa shape index (κ1) is 15.5. The Bertz CT molecular complexity index is 769. The van der Waals surface area contributed by atoms with Gasteiger partial charge in [0.1, 0.15) is 12.0 Å². The van der Waals surface area contributed by atoms with Crippen molar-refractivity contribution in [3.63, 3.8) is 0 Å². The van der Waals surface area contributed by atoms with Crippen LogP contribution < -0.4 is 4.74 Å². The fraction of sp³-hybridized carbons (Fsp3) is 0.133. The maximum Gasteiger partial charge on any atom is 0.182 e. The molecule has 0 heterocycles. The number of halogens is 1. The van der Waals surface area contributed by atoms with Gasteiger partial charge in [0.15, 0.2) is 9.84 Å². The average molecular weight is 325 g/mol. The lowest BCUT2D eigenvalue weighted by molar-refractivity contribution is 0.112. The Kier molecular flexibility index (Phi) is 4.65. The van der Waals surface area contributed by atoms with Crippen molar-refractivity contribution in [2.24, 2.45) is 0 Å². The lowest BCUT2D eigenvalue weighted by Gasteiger charge is -2.10. The number of sulfone groups is 1. The van der Waals surface area contributed by atoms with E-state index in [4.69, 9.17) is 16.3 Å². The van der Waals surface area contributed by atoms with Gasteiger partial charge in [0.25, 0.3) is 0 Å². The summed E-state index contributed by atoms with van der Waals surface area (Å²) >= 11 is 5.82. The second kappa shape index (κ2) is 6.28. The molecule has 0 N–H and O–H groups in total. The number of hydrogen-bond acceptors (Lipinski definition) is 4. The normalized spacial score (nSPS) is 11.1. The molecule has 4 nitrogen and oxygen atoms in total. The van der Waals surface area contributed by atoms with E-state index in [1.54, 1.807) is 24.3 Å². The summed E-state index contributed by atoms with van der Waals surface area (Å²) < 4.78 is 30.0. The molecule has 21 heavy (non-hydrogen) atoms. The fourth-order valence-corrected chi connectivity index (χ4v) is 3.58. The topological polar surface area (TPSA) is 60.4 Å². The van der Waals surface area contributed by atoms with Crippen LogP contribution in [0.4, 0.5) is 0 Å². The molecule has 0 aromatic heterocycles. The second-order valence-electron chi connectivity index (χ2n) is 4.41. The Morgan fingerprint density at radius 1 is 1.19 bits per heavy atom. The fourth-order valence-electron chi connectivity index (χ4n) is 1.93. The van der Waals surface area contributed by atoms with Gasteiger partial charge in [0.05, 0.1) is 17.8 Å². The highest BCUT2D eigenvalue weighted by molar-refractivity contribution is 7.90. The lowest BCUT2D eigenvalue weighted by Crippen LogP contribution is -2.06. The van der Waals surface area contributed by atoms with Crippen LogP contribution in [0.15, 0.2) is 47.4 Å². The third kappa shape index (κ3) is 3.62. The van der Waals surface area contributed by atoms with Crippen molar-refractivity contribution in [3.8, 4) is 5.75 Å². The number of benzene rings is 2. The van der Waals surface area contributed by atoms with Crippen molar-refractivity contribution in [2.45, 2.75) is 10.6 Å². The van der Waals surface area contributed by atoms with Crippen LogP contribution in [-0.4, -0.2) is 21.8 Å². The quantitative estimate of drug-likeness (QED) is 0.793. The number of rotatable bonds is 5. The van der Waals surface area contributed by atoms with E-state index in [-0.39, 0.29) is 10.6 Å². The molecule has 0 amide bonds. The highest BCUT2D eigenvalue weighted by Gasteiger charge is 2.18. The largest absolute Gasteiger partial charge is 0.496 e. The van der Waals surface area contributed by atoms with E-state index in [1.165, 1.54) is 25.3 Å². The molecule has 2 aromatic carbocycles. The van der Waals surface area contributed by atoms with Gasteiger partial charge < -0.3 is 4.74 Å². The number of carbonyl (C=O) groups is 1. The number of ether oxygens (including phenoxy) is 1. The van der Waals surface area contributed by atoms with Crippen LogP contribution in [0.5, 0.6) is 5.75 Å². The van der Waals surface area contributed by atoms with Gasteiger partial charge in [0, 0.05) is 16.1 Å². The Morgan fingerprint density at radius 3 is 2.57 bits per heavy atom. The molecular formula is C15H13ClO4S.